The number of carbonyl (C=O) groups is 1. The molecule has 2 N–H and O–H groups in total. The lowest BCUT2D eigenvalue weighted by atomic mass is 10.2. The zero-order valence-corrected chi connectivity index (χ0v) is 12.6. The normalized spacial score (nSPS) is 10.3. The predicted molar refractivity (Wildman–Crippen MR) is 79.2 cm³/mol. The van der Waals surface area contributed by atoms with Crippen LogP contribution in [-0.2, 0) is 16.1 Å². The van der Waals surface area contributed by atoms with Crippen molar-refractivity contribution in [3.63, 3.8) is 0 Å². The number of carbonyl (C=O) groups excluding carboxylic acids is 1. The van der Waals surface area contributed by atoms with E-state index in [9.17, 15) is 4.79 Å². The van der Waals surface area contributed by atoms with Gasteiger partial charge in [0.15, 0.2) is 6.61 Å². The average Bonchev–Trinajstić information content (AvgIpc) is 2.44. The van der Waals surface area contributed by atoms with Crippen molar-refractivity contribution in [2.24, 2.45) is 0 Å². The van der Waals surface area contributed by atoms with Crippen LogP contribution >= 0.6 is 11.6 Å². The zero-order chi connectivity index (χ0) is 14.8. The molecule has 0 spiro atoms. The van der Waals surface area contributed by atoms with Crippen LogP contribution in [0.2, 0.25) is 5.02 Å². The molecule has 6 heteroatoms. The smallest absolute Gasteiger partial charge is 0.258 e. The van der Waals surface area contributed by atoms with E-state index in [4.69, 9.17) is 21.1 Å². The quantitative estimate of drug-likeness (QED) is 0.680. The van der Waals surface area contributed by atoms with E-state index in [2.05, 4.69) is 10.6 Å². The number of halogens is 1. The molecule has 0 aliphatic heterocycles. The van der Waals surface area contributed by atoms with Crippen LogP contribution < -0.4 is 15.4 Å². The summed E-state index contributed by atoms with van der Waals surface area (Å²) in [4.78, 5) is 11.6. The number of rotatable bonds is 9. The fraction of sp³-hybridized carbons (Fsp3) is 0.500. The number of ether oxygens (including phenoxy) is 2. The van der Waals surface area contributed by atoms with Crippen molar-refractivity contribution in [2.45, 2.75) is 13.5 Å². The molecular formula is C14H21ClN2O3. The van der Waals surface area contributed by atoms with Gasteiger partial charge in [-0.1, -0.05) is 18.5 Å². The number of benzene rings is 1. The van der Waals surface area contributed by atoms with Gasteiger partial charge in [0, 0.05) is 30.8 Å². The van der Waals surface area contributed by atoms with Gasteiger partial charge in [-0.25, -0.2) is 0 Å². The molecule has 1 aromatic rings. The molecule has 0 saturated heterocycles. The Hall–Kier alpha value is -1.30. The predicted octanol–water partition coefficient (Wildman–Crippen LogP) is 1.59. The van der Waals surface area contributed by atoms with Gasteiger partial charge in [-0.3, -0.25) is 4.79 Å². The van der Waals surface area contributed by atoms with Crippen LogP contribution in [0.15, 0.2) is 18.2 Å². The van der Waals surface area contributed by atoms with Crippen molar-refractivity contribution in [1.82, 2.24) is 10.6 Å². The fourth-order valence-electron chi connectivity index (χ4n) is 1.57. The van der Waals surface area contributed by atoms with Crippen LogP contribution in [0.25, 0.3) is 0 Å². The minimum Gasteiger partial charge on any atom is -0.483 e. The number of nitrogens with one attached hydrogen (secondary N) is 2. The summed E-state index contributed by atoms with van der Waals surface area (Å²) in [7, 11) is 1.59. The molecule has 112 valence electrons. The Morgan fingerprint density at radius 2 is 2.20 bits per heavy atom. The van der Waals surface area contributed by atoms with Crippen molar-refractivity contribution in [3.8, 4) is 5.75 Å². The summed E-state index contributed by atoms with van der Waals surface area (Å²) in [5.41, 5.74) is 0.934. The Balaban J connectivity index is 2.51. The third kappa shape index (κ3) is 6.23. The summed E-state index contributed by atoms with van der Waals surface area (Å²) in [5, 5.41) is 6.55. The van der Waals surface area contributed by atoms with Gasteiger partial charge in [0.2, 0.25) is 0 Å². The largest absolute Gasteiger partial charge is 0.483 e. The van der Waals surface area contributed by atoms with Crippen LogP contribution in [0.5, 0.6) is 5.75 Å². The Labute approximate surface area is 124 Å². The van der Waals surface area contributed by atoms with Gasteiger partial charge in [-0.05, 0) is 24.7 Å². The summed E-state index contributed by atoms with van der Waals surface area (Å²) >= 11 is 5.97. The molecule has 0 atom stereocenters. The standard InChI is InChI=1S/C14H21ClN2O3/c1-3-16-9-11-8-12(15)4-5-13(11)20-10-14(18)17-6-7-19-2/h4-5,8,16H,3,6-7,9-10H2,1-2H3,(H,17,18). The lowest BCUT2D eigenvalue weighted by molar-refractivity contribution is -0.123. The Morgan fingerprint density at radius 3 is 2.90 bits per heavy atom. The highest BCUT2D eigenvalue weighted by Crippen LogP contribution is 2.22. The second-order valence-corrected chi connectivity index (χ2v) is 4.60. The van der Waals surface area contributed by atoms with Gasteiger partial charge in [0.1, 0.15) is 5.75 Å². The minimum atomic E-state index is -0.175. The van der Waals surface area contributed by atoms with Crippen molar-refractivity contribution in [2.75, 3.05) is 33.4 Å². The zero-order valence-electron chi connectivity index (χ0n) is 11.9. The summed E-state index contributed by atoms with van der Waals surface area (Å²) in [6.07, 6.45) is 0. The molecule has 1 rings (SSSR count). The van der Waals surface area contributed by atoms with Gasteiger partial charge >= 0.3 is 0 Å². The molecule has 0 aliphatic carbocycles. The molecule has 0 saturated carbocycles. The Bertz CT molecular complexity index is 427. The SMILES string of the molecule is CCNCc1cc(Cl)ccc1OCC(=O)NCCOC. The molecule has 0 aromatic heterocycles. The first-order valence-corrected chi connectivity index (χ1v) is 6.92. The molecule has 0 aliphatic rings. The third-order valence-corrected chi connectivity index (χ3v) is 2.81. The van der Waals surface area contributed by atoms with E-state index in [1.54, 1.807) is 19.2 Å². The van der Waals surface area contributed by atoms with Crippen LogP contribution in [0.3, 0.4) is 0 Å². The molecule has 0 unspecified atom stereocenters. The number of hydrogen-bond donors (Lipinski definition) is 2. The molecule has 0 bridgehead atoms. The maximum absolute atomic E-state index is 11.6. The van der Waals surface area contributed by atoms with E-state index in [1.807, 2.05) is 13.0 Å². The first kappa shape index (κ1) is 16.8. The topological polar surface area (TPSA) is 59.6 Å². The van der Waals surface area contributed by atoms with Crippen molar-refractivity contribution in [3.05, 3.63) is 28.8 Å². The molecule has 0 radical (unpaired) electrons. The monoisotopic (exact) mass is 300 g/mol. The lowest BCUT2D eigenvalue weighted by Gasteiger charge is -2.12. The molecular weight excluding hydrogens is 280 g/mol. The maximum Gasteiger partial charge on any atom is 0.258 e. The van der Waals surface area contributed by atoms with Crippen LogP contribution in [0.1, 0.15) is 12.5 Å². The first-order valence-electron chi connectivity index (χ1n) is 6.55. The Kier molecular flexibility index (Phi) is 8.02. The molecule has 1 aromatic carbocycles. The van der Waals surface area contributed by atoms with Gasteiger partial charge < -0.3 is 20.1 Å². The van der Waals surface area contributed by atoms with Crippen LogP contribution in [0.4, 0.5) is 0 Å². The van der Waals surface area contributed by atoms with Crippen molar-refractivity contribution < 1.29 is 14.3 Å². The average molecular weight is 301 g/mol. The highest BCUT2D eigenvalue weighted by Gasteiger charge is 2.07. The van der Waals surface area contributed by atoms with Gasteiger partial charge in [0.25, 0.3) is 5.91 Å². The number of amides is 1. The van der Waals surface area contributed by atoms with Crippen molar-refractivity contribution in [1.29, 1.82) is 0 Å². The van der Waals surface area contributed by atoms with E-state index in [0.717, 1.165) is 12.1 Å². The molecule has 20 heavy (non-hydrogen) atoms. The lowest BCUT2D eigenvalue weighted by Crippen LogP contribution is -2.31. The molecule has 5 nitrogen and oxygen atoms in total. The second-order valence-electron chi connectivity index (χ2n) is 4.16. The summed E-state index contributed by atoms with van der Waals surface area (Å²) < 4.78 is 10.4. The fourth-order valence-corrected chi connectivity index (χ4v) is 1.77. The Morgan fingerprint density at radius 1 is 1.40 bits per heavy atom. The van der Waals surface area contributed by atoms with E-state index in [-0.39, 0.29) is 12.5 Å². The van der Waals surface area contributed by atoms with Crippen LogP contribution in [0, 0.1) is 0 Å². The second kappa shape index (κ2) is 9.58. The highest BCUT2D eigenvalue weighted by atomic mass is 35.5. The van der Waals surface area contributed by atoms with E-state index >= 15 is 0 Å². The van der Waals surface area contributed by atoms with Gasteiger partial charge in [-0.15, -0.1) is 0 Å². The summed E-state index contributed by atoms with van der Waals surface area (Å²) in [6, 6.07) is 5.36. The maximum atomic E-state index is 11.6. The molecule has 0 heterocycles. The molecule has 1 amide bonds. The van der Waals surface area contributed by atoms with E-state index < -0.39 is 0 Å². The number of hydrogen-bond acceptors (Lipinski definition) is 4. The van der Waals surface area contributed by atoms with E-state index in [0.29, 0.717) is 30.5 Å². The summed E-state index contributed by atoms with van der Waals surface area (Å²) in [6.45, 7) is 4.46. The van der Waals surface area contributed by atoms with Crippen molar-refractivity contribution >= 4 is 17.5 Å². The summed E-state index contributed by atoms with van der Waals surface area (Å²) in [5.74, 6) is 0.489. The molecule has 0 fully saturated rings. The highest BCUT2D eigenvalue weighted by molar-refractivity contribution is 6.30. The van der Waals surface area contributed by atoms with Gasteiger partial charge in [0.05, 0.1) is 6.61 Å². The van der Waals surface area contributed by atoms with E-state index in [1.165, 1.54) is 0 Å². The van der Waals surface area contributed by atoms with Crippen LogP contribution in [-0.4, -0.2) is 39.3 Å². The first-order chi connectivity index (χ1) is 9.67. The van der Waals surface area contributed by atoms with Gasteiger partial charge in [-0.2, -0.15) is 0 Å². The minimum absolute atomic E-state index is 0.0233. The number of methoxy groups -OCH3 is 1. The third-order valence-electron chi connectivity index (χ3n) is 2.58.